The molecule has 0 unspecified atom stereocenters. The lowest BCUT2D eigenvalue weighted by Crippen LogP contribution is -2.27. The SMILES string of the molecule is COc1ccc(-c2nc3ccccc3c(C(=O)NCCc3ccc(OC)c(OC)c3)c2C)cc1. The van der Waals surface area contributed by atoms with Crippen molar-refractivity contribution in [3.8, 4) is 28.5 Å². The van der Waals surface area contributed by atoms with Gasteiger partial charge in [0, 0.05) is 17.5 Å². The first-order valence-electron chi connectivity index (χ1n) is 11.1. The highest BCUT2D eigenvalue weighted by atomic mass is 16.5. The van der Waals surface area contributed by atoms with E-state index in [0.29, 0.717) is 30.0 Å². The van der Waals surface area contributed by atoms with Crippen LogP contribution >= 0.6 is 0 Å². The number of pyridine rings is 1. The molecule has 0 atom stereocenters. The lowest BCUT2D eigenvalue weighted by Gasteiger charge is -2.15. The van der Waals surface area contributed by atoms with Gasteiger partial charge < -0.3 is 19.5 Å². The summed E-state index contributed by atoms with van der Waals surface area (Å²) >= 11 is 0. The quantitative estimate of drug-likeness (QED) is 0.394. The van der Waals surface area contributed by atoms with Gasteiger partial charge in [-0.25, -0.2) is 4.98 Å². The van der Waals surface area contributed by atoms with Crippen molar-refractivity contribution in [2.24, 2.45) is 0 Å². The summed E-state index contributed by atoms with van der Waals surface area (Å²) < 4.78 is 16.0. The van der Waals surface area contributed by atoms with Gasteiger partial charge in [-0.15, -0.1) is 0 Å². The van der Waals surface area contributed by atoms with E-state index in [1.807, 2.05) is 73.7 Å². The average Bonchev–Trinajstić information content (AvgIpc) is 2.88. The minimum Gasteiger partial charge on any atom is -0.497 e. The number of hydrogen-bond donors (Lipinski definition) is 1. The Bertz CT molecular complexity index is 1320. The molecule has 6 nitrogen and oxygen atoms in total. The Balaban J connectivity index is 1.61. The third-order valence-electron chi connectivity index (χ3n) is 5.87. The molecule has 0 aliphatic heterocycles. The molecule has 0 spiro atoms. The first-order valence-corrected chi connectivity index (χ1v) is 11.1. The van der Waals surface area contributed by atoms with Gasteiger partial charge in [-0.05, 0) is 66.9 Å². The first kappa shape index (κ1) is 23.1. The largest absolute Gasteiger partial charge is 0.497 e. The number of rotatable bonds is 8. The van der Waals surface area contributed by atoms with Crippen LogP contribution in [0.3, 0.4) is 0 Å². The summed E-state index contributed by atoms with van der Waals surface area (Å²) in [5.74, 6) is 2.01. The molecule has 0 saturated heterocycles. The van der Waals surface area contributed by atoms with Crippen molar-refractivity contribution in [3.05, 3.63) is 83.4 Å². The molecule has 0 fully saturated rings. The third-order valence-corrected chi connectivity index (χ3v) is 5.87. The van der Waals surface area contributed by atoms with E-state index in [2.05, 4.69) is 5.32 Å². The number of carbonyl (C=O) groups excluding carboxylic acids is 1. The highest BCUT2D eigenvalue weighted by molar-refractivity contribution is 6.08. The van der Waals surface area contributed by atoms with Gasteiger partial charge in [0.05, 0.1) is 38.1 Å². The van der Waals surface area contributed by atoms with Crippen LogP contribution in [0.2, 0.25) is 0 Å². The van der Waals surface area contributed by atoms with E-state index in [-0.39, 0.29) is 5.91 Å². The maximum Gasteiger partial charge on any atom is 0.252 e. The molecular formula is C28H28N2O4. The van der Waals surface area contributed by atoms with Gasteiger partial charge in [0.1, 0.15) is 5.75 Å². The van der Waals surface area contributed by atoms with Gasteiger partial charge in [-0.3, -0.25) is 4.79 Å². The number of nitrogens with zero attached hydrogens (tertiary/aromatic N) is 1. The summed E-state index contributed by atoms with van der Waals surface area (Å²) in [5, 5.41) is 3.92. The molecule has 1 aromatic heterocycles. The van der Waals surface area contributed by atoms with E-state index in [0.717, 1.165) is 39.0 Å². The number of nitrogens with one attached hydrogen (secondary N) is 1. The molecule has 0 radical (unpaired) electrons. The number of fused-ring (bicyclic) bond motifs is 1. The predicted molar refractivity (Wildman–Crippen MR) is 134 cm³/mol. The van der Waals surface area contributed by atoms with Gasteiger partial charge in [0.2, 0.25) is 0 Å². The normalized spacial score (nSPS) is 10.7. The lowest BCUT2D eigenvalue weighted by atomic mass is 9.97. The maximum atomic E-state index is 13.4. The molecule has 1 amide bonds. The Morgan fingerprint density at radius 3 is 2.32 bits per heavy atom. The van der Waals surface area contributed by atoms with Crippen LogP contribution in [-0.2, 0) is 6.42 Å². The van der Waals surface area contributed by atoms with E-state index in [4.69, 9.17) is 19.2 Å². The minimum atomic E-state index is -0.119. The van der Waals surface area contributed by atoms with Crippen LogP contribution < -0.4 is 19.5 Å². The molecule has 4 rings (SSSR count). The standard InChI is InChI=1S/C28H28N2O4/c1-18-26(28(31)29-16-15-19-9-14-24(33-3)25(17-19)34-4)22-7-5-6-8-23(22)30-27(18)20-10-12-21(32-2)13-11-20/h5-14,17H,15-16H2,1-4H3,(H,29,31). The molecule has 6 heteroatoms. The van der Waals surface area contributed by atoms with Crippen LogP contribution in [0.25, 0.3) is 22.2 Å². The molecule has 3 aromatic carbocycles. The van der Waals surface area contributed by atoms with Gasteiger partial charge in [-0.1, -0.05) is 24.3 Å². The summed E-state index contributed by atoms with van der Waals surface area (Å²) in [4.78, 5) is 18.2. The number of ether oxygens (including phenoxy) is 3. The fraction of sp³-hybridized carbons (Fsp3) is 0.214. The number of para-hydroxylation sites is 1. The van der Waals surface area contributed by atoms with Crippen LogP contribution in [0.1, 0.15) is 21.5 Å². The molecule has 1 heterocycles. The van der Waals surface area contributed by atoms with Crippen LogP contribution in [-0.4, -0.2) is 38.8 Å². The van der Waals surface area contributed by atoms with Crippen LogP contribution in [0.5, 0.6) is 17.2 Å². The molecule has 0 saturated carbocycles. The van der Waals surface area contributed by atoms with Gasteiger partial charge in [-0.2, -0.15) is 0 Å². The number of methoxy groups -OCH3 is 3. The minimum absolute atomic E-state index is 0.119. The molecule has 0 aliphatic rings. The van der Waals surface area contributed by atoms with Crippen molar-refractivity contribution in [2.75, 3.05) is 27.9 Å². The number of amides is 1. The third kappa shape index (κ3) is 4.66. The highest BCUT2D eigenvalue weighted by Crippen LogP contribution is 2.31. The summed E-state index contributed by atoms with van der Waals surface area (Å²) in [5.41, 5.74) is 5.03. The Morgan fingerprint density at radius 1 is 0.882 bits per heavy atom. The number of aromatic nitrogens is 1. The van der Waals surface area contributed by atoms with Crippen molar-refractivity contribution < 1.29 is 19.0 Å². The molecular weight excluding hydrogens is 428 g/mol. The molecule has 1 N–H and O–H groups in total. The monoisotopic (exact) mass is 456 g/mol. The van der Waals surface area contributed by atoms with Crippen molar-refractivity contribution in [2.45, 2.75) is 13.3 Å². The molecule has 174 valence electrons. The summed E-state index contributed by atoms with van der Waals surface area (Å²) in [7, 11) is 4.86. The van der Waals surface area contributed by atoms with Crippen molar-refractivity contribution in [3.63, 3.8) is 0 Å². The van der Waals surface area contributed by atoms with Crippen molar-refractivity contribution in [1.29, 1.82) is 0 Å². The van der Waals surface area contributed by atoms with Crippen molar-refractivity contribution >= 4 is 16.8 Å². The number of hydrogen-bond acceptors (Lipinski definition) is 5. The second-order valence-electron chi connectivity index (χ2n) is 7.90. The van der Waals surface area contributed by atoms with Crippen molar-refractivity contribution in [1.82, 2.24) is 10.3 Å². The van der Waals surface area contributed by atoms with Crippen LogP contribution in [0, 0.1) is 6.92 Å². The number of carbonyl (C=O) groups is 1. The summed E-state index contributed by atoms with van der Waals surface area (Å²) in [6, 6.07) is 21.2. The molecule has 34 heavy (non-hydrogen) atoms. The Morgan fingerprint density at radius 2 is 1.62 bits per heavy atom. The molecule has 4 aromatic rings. The average molecular weight is 457 g/mol. The first-order chi connectivity index (χ1) is 16.5. The molecule has 0 bridgehead atoms. The van der Waals surface area contributed by atoms with E-state index in [9.17, 15) is 4.79 Å². The Hall–Kier alpha value is -4.06. The fourth-order valence-electron chi connectivity index (χ4n) is 4.07. The fourth-order valence-corrected chi connectivity index (χ4v) is 4.07. The van der Waals surface area contributed by atoms with E-state index in [1.165, 1.54) is 0 Å². The van der Waals surface area contributed by atoms with Crippen LogP contribution in [0.15, 0.2) is 66.7 Å². The predicted octanol–water partition coefficient (Wildman–Crippen LogP) is 5.21. The summed E-state index contributed by atoms with van der Waals surface area (Å²) in [6.07, 6.45) is 0.666. The topological polar surface area (TPSA) is 69.7 Å². The van der Waals surface area contributed by atoms with E-state index in [1.54, 1.807) is 21.3 Å². The Kier molecular flexibility index (Phi) is 6.97. The second-order valence-corrected chi connectivity index (χ2v) is 7.90. The molecule has 0 aliphatic carbocycles. The zero-order valence-corrected chi connectivity index (χ0v) is 19.8. The number of benzene rings is 3. The van der Waals surface area contributed by atoms with E-state index < -0.39 is 0 Å². The zero-order valence-electron chi connectivity index (χ0n) is 19.8. The van der Waals surface area contributed by atoms with Gasteiger partial charge >= 0.3 is 0 Å². The van der Waals surface area contributed by atoms with Crippen LogP contribution in [0.4, 0.5) is 0 Å². The summed E-state index contributed by atoms with van der Waals surface area (Å²) in [6.45, 7) is 2.44. The zero-order chi connectivity index (χ0) is 24.1. The maximum absolute atomic E-state index is 13.4. The highest BCUT2D eigenvalue weighted by Gasteiger charge is 2.19. The van der Waals surface area contributed by atoms with E-state index >= 15 is 0 Å². The Labute approximate surface area is 199 Å². The smallest absolute Gasteiger partial charge is 0.252 e. The van der Waals surface area contributed by atoms with Gasteiger partial charge in [0.15, 0.2) is 11.5 Å². The van der Waals surface area contributed by atoms with Gasteiger partial charge in [0.25, 0.3) is 5.91 Å². The lowest BCUT2D eigenvalue weighted by molar-refractivity contribution is 0.0955. The second kappa shape index (κ2) is 10.3.